The van der Waals surface area contributed by atoms with Crippen molar-refractivity contribution < 1.29 is 9.59 Å². The van der Waals surface area contributed by atoms with Crippen molar-refractivity contribution in [3.05, 3.63) is 0 Å². The third-order valence-corrected chi connectivity index (χ3v) is 4.02. The summed E-state index contributed by atoms with van der Waals surface area (Å²) < 4.78 is 0. The number of Topliss-reactive ketones (excluding diaryl/α,β-unsaturated/α-hetero) is 1. The number of likely N-dealkylation sites (N-methyl/N-ethyl adjacent to an activating group) is 1. The highest BCUT2D eigenvalue weighted by Crippen LogP contribution is 2.31. The lowest BCUT2D eigenvalue weighted by Gasteiger charge is -2.21. The summed E-state index contributed by atoms with van der Waals surface area (Å²) in [5, 5.41) is 2.98. The van der Waals surface area contributed by atoms with Gasteiger partial charge in [0.15, 0.2) is 0 Å². The molecule has 1 N–H and O–H groups in total. The zero-order valence-corrected chi connectivity index (χ0v) is 12.0. The molecule has 1 rings (SSSR count). The molecule has 2 atom stereocenters. The number of amides is 1. The van der Waals surface area contributed by atoms with Crippen molar-refractivity contribution in [3.8, 4) is 0 Å². The van der Waals surface area contributed by atoms with Crippen molar-refractivity contribution in [2.24, 2.45) is 11.8 Å². The standard InChI is InChI=1S/C14H26N2O2/c1-10(2)16(4)8-7-15-14(18)13-6-5-12(9-13)11(3)17/h10,12-13H,5-9H2,1-4H3,(H,15,18). The number of carbonyl (C=O) groups is 2. The minimum atomic E-state index is 0.0447. The van der Waals surface area contributed by atoms with Crippen molar-refractivity contribution >= 4 is 11.7 Å². The summed E-state index contributed by atoms with van der Waals surface area (Å²) in [6.07, 6.45) is 2.47. The quantitative estimate of drug-likeness (QED) is 0.780. The zero-order chi connectivity index (χ0) is 13.7. The van der Waals surface area contributed by atoms with E-state index in [0.29, 0.717) is 12.6 Å². The van der Waals surface area contributed by atoms with Crippen LogP contribution < -0.4 is 5.32 Å². The Kier molecular flexibility index (Phi) is 5.79. The molecular formula is C14H26N2O2. The maximum atomic E-state index is 11.9. The lowest BCUT2D eigenvalue weighted by atomic mass is 10.0. The first-order chi connectivity index (χ1) is 8.41. The minimum absolute atomic E-state index is 0.0447. The molecular weight excluding hydrogens is 228 g/mol. The maximum Gasteiger partial charge on any atom is 0.223 e. The molecule has 0 radical (unpaired) electrons. The Hall–Kier alpha value is -0.900. The molecule has 0 saturated heterocycles. The Morgan fingerprint density at radius 2 is 1.89 bits per heavy atom. The van der Waals surface area contributed by atoms with E-state index >= 15 is 0 Å². The Morgan fingerprint density at radius 3 is 2.39 bits per heavy atom. The van der Waals surface area contributed by atoms with Crippen LogP contribution in [-0.2, 0) is 9.59 Å². The third-order valence-electron chi connectivity index (χ3n) is 4.02. The molecule has 0 aliphatic heterocycles. The van der Waals surface area contributed by atoms with Crippen molar-refractivity contribution in [1.29, 1.82) is 0 Å². The maximum absolute atomic E-state index is 11.9. The summed E-state index contributed by atoms with van der Waals surface area (Å²) in [5.74, 6) is 0.503. The van der Waals surface area contributed by atoms with Crippen LogP contribution in [-0.4, -0.2) is 42.8 Å². The summed E-state index contributed by atoms with van der Waals surface area (Å²) >= 11 is 0. The molecule has 0 heterocycles. The third kappa shape index (κ3) is 4.41. The van der Waals surface area contributed by atoms with Gasteiger partial charge in [0.2, 0.25) is 5.91 Å². The van der Waals surface area contributed by atoms with Gasteiger partial charge in [-0.15, -0.1) is 0 Å². The Balaban J connectivity index is 2.24. The van der Waals surface area contributed by atoms with Crippen LogP contribution in [0.5, 0.6) is 0 Å². The van der Waals surface area contributed by atoms with Crippen LogP contribution in [0.4, 0.5) is 0 Å². The molecule has 2 unspecified atom stereocenters. The molecule has 0 spiro atoms. The summed E-state index contributed by atoms with van der Waals surface area (Å²) in [7, 11) is 2.05. The molecule has 4 heteroatoms. The number of ketones is 1. The first-order valence-corrected chi connectivity index (χ1v) is 6.90. The fraction of sp³-hybridized carbons (Fsp3) is 0.857. The van der Waals surface area contributed by atoms with E-state index in [0.717, 1.165) is 25.8 Å². The van der Waals surface area contributed by atoms with Gasteiger partial charge in [0.05, 0.1) is 0 Å². The van der Waals surface area contributed by atoms with Gasteiger partial charge in [-0.25, -0.2) is 0 Å². The fourth-order valence-electron chi connectivity index (χ4n) is 2.35. The predicted molar refractivity (Wildman–Crippen MR) is 72.3 cm³/mol. The van der Waals surface area contributed by atoms with Crippen molar-refractivity contribution in [2.75, 3.05) is 20.1 Å². The van der Waals surface area contributed by atoms with Crippen LogP contribution in [0.3, 0.4) is 0 Å². The van der Waals surface area contributed by atoms with Crippen molar-refractivity contribution in [1.82, 2.24) is 10.2 Å². The van der Waals surface area contributed by atoms with Gasteiger partial charge in [-0.1, -0.05) is 0 Å². The second-order valence-electron chi connectivity index (χ2n) is 5.68. The van der Waals surface area contributed by atoms with Crippen LogP contribution in [0.1, 0.15) is 40.0 Å². The van der Waals surface area contributed by atoms with E-state index in [4.69, 9.17) is 0 Å². The van der Waals surface area contributed by atoms with Gasteiger partial charge in [-0.3, -0.25) is 9.59 Å². The average molecular weight is 254 g/mol. The van der Waals surface area contributed by atoms with E-state index in [1.54, 1.807) is 6.92 Å². The number of carbonyl (C=O) groups excluding carboxylic acids is 2. The van der Waals surface area contributed by atoms with Crippen molar-refractivity contribution in [3.63, 3.8) is 0 Å². The lowest BCUT2D eigenvalue weighted by molar-refractivity contribution is -0.125. The highest BCUT2D eigenvalue weighted by Gasteiger charge is 2.31. The summed E-state index contributed by atoms with van der Waals surface area (Å²) in [5.41, 5.74) is 0. The highest BCUT2D eigenvalue weighted by atomic mass is 16.2. The second-order valence-corrected chi connectivity index (χ2v) is 5.68. The molecule has 104 valence electrons. The van der Waals surface area contributed by atoms with E-state index in [-0.39, 0.29) is 23.5 Å². The van der Waals surface area contributed by atoms with Gasteiger partial charge >= 0.3 is 0 Å². The average Bonchev–Trinajstić information content (AvgIpc) is 2.77. The van der Waals surface area contributed by atoms with Crippen LogP contribution in [0.25, 0.3) is 0 Å². The normalized spacial score (nSPS) is 23.7. The molecule has 1 aliphatic carbocycles. The monoisotopic (exact) mass is 254 g/mol. The van der Waals surface area contributed by atoms with Gasteiger partial charge in [-0.2, -0.15) is 0 Å². The first-order valence-electron chi connectivity index (χ1n) is 6.90. The lowest BCUT2D eigenvalue weighted by Crippen LogP contribution is -2.38. The SMILES string of the molecule is CC(=O)C1CCC(C(=O)NCCN(C)C(C)C)C1. The van der Waals surface area contributed by atoms with E-state index in [2.05, 4.69) is 31.1 Å². The molecule has 1 amide bonds. The molecule has 4 nitrogen and oxygen atoms in total. The Labute approximate surface area is 110 Å². The molecule has 0 aromatic heterocycles. The van der Waals surface area contributed by atoms with Gasteiger partial charge in [0, 0.05) is 31.0 Å². The molecule has 18 heavy (non-hydrogen) atoms. The summed E-state index contributed by atoms with van der Waals surface area (Å²) in [6.45, 7) is 7.45. The number of rotatable bonds is 6. The predicted octanol–water partition coefficient (Wildman–Crippen LogP) is 1.45. The van der Waals surface area contributed by atoms with Gasteiger partial charge in [-0.05, 0) is 47.1 Å². The van der Waals surface area contributed by atoms with Crippen LogP contribution in [0.15, 0.2) is 0 Å². The molecule has 1 aliphatic rings. The topological polar surface area (TPSA) is 49.4 Å². The molecule has 0 aromatic rings. The van der Waals surface area contributed by atoms with Crippen molar-refractivity contribution in [2.45, 2.75) is 46.1 Å². The van der Waals surface area contributed by atoms with Gasteiger partial charge in [0.1, 0.15) is 5.78 Å². The van der Waals surface area contributed by atoms with Gasteiger partial charge < -0.3 is 10.2 Å². The Bertz CT molecular complexity index is 302. The molecule has 0 bridgehead atoms. The van der Waals surface area contributed by atoms with E-state index in [1.807, 2.05) is 0 Å². The fourth-order valence-corrected chi connectivity index (χ4v) is 2.35. The molecule has 0 aromatic carbocycles. The van der Waals surface area contributed by atoms with Crippen LogP contribution in [0, 0.1) is 11.8 Å². The number of hydrogen-bond donors (Lipinski definition) is 1. The molecule has 1 fully saturated rings. The second kappa shape index (κ2) is 6.88. The highest BCUT2D eigenvalue weighted by molar-refractivity contribution is 5.83. The smallest absolute Gasteiger partial charge is 0.223 e. The van der Waals surface area contributed by atoms with E-state index < -0.39 is 0 Å². The largest absolute Gasteiger partial charge is 0.355 e. The minimum Gasteiger partial charge on any atom is -0.355 e. The van der Waals surface area contributed by atoms with Crippen LogP contribution in [0.2, 0.25) is 0 Å². The first kappa shape index (κ1) is 15.2. The number of nitrogens with zero attached hydrogens (tertiary/aromatic N) is 1. The van der Waals surface area contributed by atoms with Gasteiger partial charge in [0.25, 0.3) is 0 Å². The van der Waals surface area contributed by atoms with E-state index in [1.165, 1.54) is 0 Å². The summed E-state index contributed by atoms with van der Waals surface area (Å²) in [4.78, 5) is 25.4. The number of hydrogen-bond acceptors (Lipinski definition) is 3. The summed E-state index contributed by atoms with van der Waals surface area (Å²) in [6, 6.07) is 0.496. The van der Waals surface area contributed by atoms with Crippen LogP contribution >= 0.6 is 0 Å². The zero-order valence-electron chi connectivity index (χ0n) is 12.0. The number of nitrogens with one attached hydrogen (secondary N) is 1. The Morgan fingerprint density at radius 1 is 1.28 bits per heavy atom. The van der Waals surface area contributed by atoms with E-state index in [9.17, 15) is 9.59 Å². The molecule has 1 saturated carbocycles.